The highest BCUT2D eigenvalue weighted by Crippen LogP contribution is 2.64. The second-order valence-electron chi connectivity index (χ2n) is 6.40. The predicted molar refractivity (Wildman–Crippen MR) is 83.0 cm³/mol. The van der Waals surface area contributed by atoms with Gasteiger partial charge in [0.2, 0.25) is 1.43 Å². The number of Topliss-reactive ketones (excluding diaryl/α,β-unsaturated/α-hetero) is 1. The van der Waals surface area contributed by atoms with Crippen LogP contribution < -0.4 is 9.47 Å². The molecule has 0 radical (unpaired) electrons. The van der Waals surface area contributed by atoms with Gasteiger partial charge in [-0.3, -0.25) is 4.79 Å². The number of likely N-dealkylation sites (tertiary alicyclic amines) is 1. The number of benzene rings is 1. The first-order valence-electron chi connectivity index (χ1n) is 13.3. The van der Waals surface area contributed by atoms with E-state index in [9.17, 15) is 6.17 Å². The number of nitrogens with zero attached hydrogens (tertiary/aromatic N) is 1. The minimum absolute atomic E-state index is 0.237. The van der Waals surface area contributed by atoms with Crippen molar-refractivity contribution < 1.29 is 34.5 Å². The van der Waals surface area contributed by atoms with E-state index in [1.165, 1.54) is 0 Å². The van der Waals surface area contributed by atoms with Gasteiger partial charge in [-0.1, -0.05) is 6.04 Å². The molecule has 1 unspecified atom stereocenters. The second kappa shape index (κ2) is 4.08. The molecule has 1 spiro atoms. The van der Waals surface area contributed by atoms with Crippen LogP contribution in [0.25, 0.3) is 0 Å². The van der Waals surface area contributed by atoms with Gasteiger partial charge < -0.3 is 19.5 Å². The number of piperidine rings is 1. The molecule has 1 aromatic rings. The molecule has 4 atom stereocenters. The Morgan fingerprint density at radius 2 is 2.61 bits per heavy atom. The van der Waals surface area contributed by atoms with Crippen LogP contribution in [0.3, 0.4) is 0 Å². The Hall–Kier alpha value is -1.59. The number of aliphatic hydroxyl groups is 1. The molecule has 1 aromatic carbocycles. The van der Waals surface area contributed by atoms with Crippen molar-refractivity contribution in [2.75, 3.05) is 20.6 Å². The van der Waals surface area contributed by atoms with E-state index in [4.69, 9.17) is 29.7 Å². The molecule has 2 heterocycles. The summed E-state index contributed by atoms with van der Waals surface area (Å²) in [6.07, 6.45) is -6.28. The number of methoxy groups -OCH3 is 1. The molecule has 2 aliphatic heterocycles. The van der Waals surface area contributed by atoms with E-state index in [0.717, 1.165) is 4.90 Å². The smallest absolute Gasteiger partial charge is 0.211 e. The minimum atomic E-state index is -3.11. The van der Waals surface area contributed by atoms with Crippen molar-refractivity contribution in [1.29, 1.82) is 1.43 Å². The number of ketones is 1. The molecular weight excluding hydrogens is 294 g/mol. The zero-order valence-corrected chi connectivity index (χ0v) is 12.0. The molecule has 122 valence electrons. The van der Waals surface area contributed by atoms with E-state index >= 15 is 0 Å². The molecule has 2 bridgehead atoms. The maximum absolute atomic E-state index is 13.2. The highest BCUT2D eigenvalue weighted by molar-refractivity contribution is 5.90. The van der Waals surface area contributed by atoms with E-state index in [2.05, 4.69) is 0 Å². The van der Waals surface area contributed by atoms with Crippen LogP contribution in [0.4, 0.5) is 0 Å². The van der Waals surface area contributed by atoms with Gasteiger partial charge in [-0.25, -0.2) is 0 Å². The third-order valence-electron chi connectivity index (χ3n) is 5.57. The summed E-state index contributed by atoms with van der Waals surface area (Å²) in [4.78, 5) is 14.1. The quantitative estimate of drug-likeness (QED) is 0.880. The van der Waals surface area contributed by atoms with E-state index in [1.807, 2.05) is 0 Å². The molecule has 1 saturated heterocycles. The molecule has 2 aliphatic carbocycles. The third-order valence-corrected chi connectivity index (χ3v) is 5.57. The number of rotatable bonds is 2. The summed E-state index contributed by atoms with van der Waals surface area (Å²) in [6, 6.07) is -3.37. The van der Waals surface area contributed by atoms with Crippen LogP contribution in [-0.2, 0) is 16.6 Å². The number of carbonyl (C=O) groups excluding carboxylic acids is 1. The topological polar surface area (TPSA) is 59.0 Å². The lowest BCUT2D eigenvalue weighted by atomic mass is 9.49. The molecule has 4 aliphatic rings. The van der Waals surface area contributed by atoms with Crippen LogP contribution in [0.2, 0.25) is 0 Å². The predicted octanol–water partition coefficient (Wildman–Crippen LogP) is 1.05. The van der Waals surface area contributed by atoms with E-state index in [-0.39, 0.29) is 24.9 Å². The van der Waals surface area contributed by atoms with Crippen LogP contribution >= 0.6 is 0 Å². The molecule has 5 rings (SSSR count). The highest BCUT2D eigenvalue weighted by atomic mass is 16.5. The van der Waals surface area contributed by atoms with Crippen molar-refractivity contribution in [1.82, 2.24) is 4.90 Å². The maximum Gasteiger partial charge on any atom is 0.211 e. The van der Waals surface area contributed by atoms with Gasteiger partial charge in [0.25, 0.3) is 0 Å². The van der Waals surface area contributed by atoms with Crippen LogP contribution in [-0.4, -0.2) is 55.5 Å². The summed E-state index contributed by atoms with van der Waals surface area (Å²) in [5, 5.41) is 5.19. The molecule has 5 heteroatoms. The summed E-state index contributed by atoms with van der Waals surface area (Å²) in [5.41, 5.74) is -4.76. The number of likely N-dealkylation sites (N-methyl/N-ethyl adjacent to an activating group) is 1. The first-order chi connectivity index (χ1) is 15.9. The molecule has 1 N–H and O–H groups in total. The van der Waals surface area contributed by atoms with Gasteiger partial charge in [0.1, 0.15) is 0 Å². The Balaban J connectivity index is 1.97. The minimum Gasteiger partial charge on any atom is -0.493 e. The van der Waals surface area contributed by atoms with Gasteiger partial charge in [0.05, 0.1) is 26.3 Å². The monoisotopic (exact) mass is 327 g/mol. The molecule has 0 aromatic heterocycles. The normalized spacial score (nSPS) is 54.6. The molecule has 2 fully saturated rings. The highest BCUT2D eigenvalue weighted by Gasteiger charge is 2.72. The van der Waals surface area contributed by atoms with Gasteiger partial charge in [-0.15, -0.1) is 0 Å². The van der Waals surface area contributed by atoms with Crippen LogP contribution in [0, 0.1) is 0 Å². The van der Waals surface area contributed by atoms with Gasteiger partial charge in [-0.05, 0) is 44.3 Å². The average molecular weight is 327 g/mol. The van der Waals surface area contributed by atoms with Gasteiger partial charge in [-0.2, -0.15) is 0 Å². The third kappa shape index (κ3) is 1.32. The van der Waals surface area contributed by atoms with Gasteiger partial charge >= 0.3 is 0 Å². The molecular formula is C18H21NO4. The zero-order chi connectivity index (χ0) is 26.1. The Labute approximate surface area is 152 Å². The van der Waals surface area contributed by atoms with Crippen LogP contribution in [0.5, 0.6) is 11.5 Å². The Kier molecular flexibility index (Phi) is 1.13. The fourth-order valence-electron chi connectivity index (χ4n) is 4.60. The summed E-state index contributed by atoms with van der Waals surface area (Å²) < 4.78 is 109. The van der Waals surface area contributed by atoms with Crippen LogP contribution in [0.15, 0.2) is 12.1 Å². The zero-order valence-electron chi connectivity index (χ0n) is 24.0. The summed E-state index contributed by atoms with van der Waals surface area (Å²) in [5.74, 6) is -2.04. The standard InChI is InChI=1S/C18H21NO4/c1-19-8-7-17-14-10-3-4-12(22-2)15(14)23-16(17)11(20)5-6-18(17,21)13(19)9-10/h3-4,13,16,21H,5-9H2,1-2H3/t13-,16?,17+,18-/m1/s1/i1D3,2D3,3D,4D,9D2,16D,21D. The Bertz CT molecular complexity index is 1150. The van der Waals surface area contributed by atoms with Crippen molar-refractivity contribution in [2.45, 2.75) is 48.8 Å². The molecule has 1 saturated carbocycles. The maximum atomic E-state index is 13.2. The SMILES string of the molecule is [2H]O[C@@]12CCC(=O)C3([2H])Oc4c(OC([2H])([2H])[2H])c([2H])c([2H])c5c4[C@@]31CCN(C([2H])([2H])[2H])[C@@H]2C5([2H])[2H]. The summed E-state index contributed by atoms with van der Waals surface area (Å²) in [7, 11) is -3.11. The lowest BCUT2D eigenvalue weighted by molar-refractivity contribution is -0.185. The number of hydrogen-bond acceptors (Lipinski definition) is 5. The van der Waals surface area contributed by atoms with Crippen molar-refractivity contribution in [3.05, 3.63) is 23.2 Å². The lowest BCUT2D eigenvalue weighted by Gasteiger charge is -2.62. The first kappa shape index (κ1) is 6.37. The van der Waals surface area contributed by atoms with Crippen molar-refractivity contribution in [2.24, 2.45) is 0 Å². The van der Waals surface area contributed by atoms with Crippen molar-refractivity contribution in [3.8, 4) is 11.5 Å². The fourth-order valence-corrected chi connectivity index (χ4v) is 4.60. The molecule has 23 heavy (non-hydrogen) atoms. The largest absolute Gasteiger partial charge is 0.493 e. The number of hydrogen-bond donors (Lipinski definition) is 1. The van der Waals surface area contributed by atoms with E-state index in [1.54, 1.807) is 0 Å². The van der Waals surface area contributed by atoms with Crippen molar-refractivity contribution >= 4 is 5.78 Å². The average Bonchev–Trinajstić information content (AvgIpc) is 2.99. The van der Waals surface area contributed by atoms with Crippen LogP contribution in [0.1, 0.15) is 45.5 Å². The van der Waals surface area contributed by atoms with Gasteiger partial charge in [0, 0.05) is 24.9 Å². The van der Waals surface area contributed by atoms with Gasteiger partial charge in [0.15, 0.2) is 23.4 Å². The van der Waals surface area contributed by atoms with Crippen molar-refractivity contribution in [3.63, 3.8) is 0 Å². The lowest BCUT2D eigenvalue weighted by Crippen LogP contribution is -2.76. The first-order valence-corrected chi connectivity index (χ1v) is 7.41. The van der Waals surface area contributed by atoms with E-state index < -0.39 is 84.9 Å². The number of carbonyl (C=O) groups is 1. The fraction of sp³-hybridized carbons (Fsp3) is 0.611. The summed E-state index contributed by atoms with van der Waals surface area (Å²) in [6.45, 7) is -3.18. The number of ether oxygens (including phenoxy) is 2. The molecule has 0 amide bonds. The Morgan fingerprint density at radius 3 is 3.43 bits per heavy atom. The Morgan fingerprint density at radius 1 is 1.65 bits per heavy atom. The molecule has 5 nitrogen and oxygen atoms in total. The second-order valence-corrected chi connectivity index (χ2v) is 6.40. The summed E-state index contributed by atoms with van der Waals surface area (Å²) >= 11 is 0. The van der Waals surface area contributed by atoms with E-state index in [0.29, 0.717) is 0 Å².